The fraction of sp³-hybridized carbons (Fsp3) is 0.474. The van der Waals surface area contributed by atoms with Gasteiger partial charge in [-0.15, -0.1) is 0 Å². The number of nitrogens with one attached hydrogen (secondary N) is 1. The normalized spacial score (nSPS) is 28.5. The fourth-order valence-electron chi connectivity index (χ4n) is 4.09. The maximum Gasteiger partial charge on any atom is 0.416 e. The molecule has 1 aromatic carbocycles. The lowest BCUT2D eigenvalue weighted by molar-refractivity contribution is -0.321. The number of carbonyl (C=O) groups excluding carboxylic acids is 1. The number of nitriles is 1. The van der Waals surface area contributed by atoms with Crippen LogP contribution in [0.5, 0.6) is 0 Å². The van der Waals surface area contributed by atoms with Gasteiger partial charge in [-0.2, -0.15) is 18.4 Å². The average Bonchev–Trinajstić information content (AvgIpc) is 3.40. The molecule has 3 rings (SSSR count). The Kier molecular flexibility index (Phi) is 4.45. The number of alkyl halides is 3. The number of halogens is 4. The average molecular weight is 381 g/mol. The Morgan fingerprint density at radius 3 is 2.48 bits per heavy atom. The van der Waals surface area contributed by atoms with Crippen molar-refractivity contribution in [3.8, 4) is 6.07 Å². The summed E-state index contributed by atoms with van der Waals surface area (Å²) in [5, 5.41) is 24.7. The highest BCUT2D eigenvalue weighted by Crippen LogP contribution is 2.54. The van der Waals surface area contributed by atoms with Gasteiger partial charge in [-0.3, -0.25) is 0 Å². The Morgan fingerprint density at radius 2 is 2.00 bits per heavy atom. The summed E-state index contributed by atoms with van der Waals surface area (Å²) in [6, 6.07) is 3.27. The maximum absolute atomic E-state index is 13.6. The predicted molar refractivity (Wildman–Crippen MR) is 85.2 cm³/mol. The minimum atomic E-state index is -4.90. The molecule has 2 aliphatic rings. The van der Waals surface area contributed by atoms with Gasteiger partial charge in [0.2, 0.25) is 0 Å². The van der Waals surface area contributed by atoms with Gasteiger partial charge in [0.25, 0.3) is 0 Å². The molecule has 4 nitrogen and oxygen atoms in total. The molecule has 1 fully saturated rings. The van der Waals surface area contributed by atoms with Crippen molar-refractivity contribution in [2.45, 2.75) is 44.8 Å². The summed E-state index contributed by atoms with van der Waals surface area (Å²) in [7, 11) is 0. The second kappa shape index (κ2) is 6.25. The van der Waals surface area contributed by atoms with Crippen molar-refractivity contribution < 1.29 is 27.5 Å². The molecule has 0 spiro atoms. The van der Waals surface area contributed by atoms with Crippen molar-refractivity contribution in [2.24, 2.45) is 11.3 Å². The number of hydrogen-bond acceptors (Lipinski definition) is 4. The van der Waals surface area contributed by atoms with E-state index >= 15 is 0 Å². The molecule has 144 valence electrons. The number of rotatable bonds is 3. The van der Waals surface area contributed by atoms with E-state index in [2.05, 4.69) is 5.32 Å². The number of hydrogen-bond donors (Lipinski definition) is 1. The standard InChI is InChI=1S/C19H18F4N2O2/c1-9-13(8-24)15(12-6-5-11(20)7-14(12)19(21,22)23)18(2,17(26)27)16(25-9)10-3-4-10/h5-7,10,15-16,25H,3-4H2,1-2H3,(H,26,27)/p-1. The van der Waals surface area contributed by atoms with E-state index in [0.29, 0.717) is 11.8 Å². The van der Waals surface area contributed by atoms with E-state index in [1.54, 1.807) is 0 Å². The molecule has 0 bridgehead atoms. The lowest BCUT2D eigenvalue weighted by atomic mass is 9.61. The zero-order chi connectivity index (χ0) is 20.1. The van der Waals surface area contributed by atoms with Gasteiger partial charge in [-0.05, 0) is 43.4 Å². The molecule has 0 amide bonds. The molecular weight excluding hydrogens is 364 g/mol. The van der Waals surface area contributed by atoms with Gasteiger partial charge in [0.1, 0.15) is 5.82 Å². The first-order valence-electron chi connectivity index (χ1n) is 8.47. The highest BCUT2D eigenvalue weighted by molar-refractivity contribution is 5.77. The Morgan fingerprint density at radius 1 is 1.37 bits per heavy atom. The monoisotopic (exact) mass is 381 g/mol. The molecule has 27 heavy (non-hydrogen) atoms. The summed E-state index contributed by atoms with van der Waals surface area (Å²) in [5.41, 5.74) is -3.30. The lowest BCUT2D eigenvalue weighted by Gasteiger charge is -2.49. The topological polar surface area (TPSA) is 76.0 Å². The van der Waals surface area contributed by atoms with Crippen LogP contribution in [0.2, 0.25) is 0 Å². The largest absolute Gasteiger partial charge is 0.549 e. The third-order valence-electron chi connectivity index (χ3n) is 5.60. The molecule has 1 aromatic rings. The van der Waals surface area contributed by atoms with Gasteiger partial charge in [0, 0.05) is 23.1 Å². The molecule has 1 aliphatic carbocycles. The van der Waals surface area contributed by atoms with E-state index in [1.165, 1.54) is 13.8 Å². The Balaban J connectivity index is 2.32. The highest BCUT2D eigenvalue weighted by atomic mass is 19.4. The van der Waals surface area contributed by atoms with Crippen LogP contribution in [-0.4, -0.2) is 12.0 Å². The lowest BCUT2D eigenvalue weighted by Crippen LogP contribution is -2.60. The van der Waals surface area contributed by atoms with Crippen molar-refractivity contribution in [3.05, 3.63) is 46.4 Å². The summed E-state index contributed by atoms with van der Waals surface area (Å²) in [4.78, 5) is 12.2. The summed E-state index contributed by atoms with van der Waals surface area (Å²) < 4.78 is 54.3. The zero-order valence-corrected chi connectivity index (χ0v) is 14.7. The highest BCUT2D eigenvalue weighted by Gasteiger charge is 2.55. The van der Waals surface area contributed by atoms with Gasteiger partial charge in [0.15, 0.2) is 0 Å². The van der Waals surface area contributed by atoms with Crippen LogP contribution in [0, 0.1) is 28.5 Å². The molecule has 1 heterocycles. The van der Waals surface area contributed by atoms with Gasteiger partial charge in [0.05, 0.1) is 23.2 Å². The fourth-order valence-corrected chi connectivity index (χ4v) is 4.09. The van der Waals surface area contributed by atoms with Crippen LogP contribution in [0.1, 0.15) is 43.7 Å². The first-order chi connectivity index (χ1) is 12.5. The van der Waals surface area contributed by atoms with E-state index in [4.69, 9.17) is 0 Å². The predicted octanol–water partition coefficient (Wildman–Crippen LogP) is 2.86. The van der Waals surface area contributed by atoms with E-state index < -0.39 is 46.5 Å². The van der Waals surface area contributed by atoms with Crippen molar-refractivity contribution >= 4 is 5.97 Å². The molecule has 0 aromatic heterocycles. The van der Waals surface area contributed by atoms with E-state index in [9.17, 15) is 32.7 Å². The van der Waals surface area contributed by atoms with Gasteiger partial charge in [-0.1, -0.05) is 13.0 Å². The summed E-state index contributed by atoms with van der Waals surface area (Å²) in [6.07, 6.45) is -3.44. The molecule has 1 aliphatic heterocycles. The van der Waals surface area contributed by atoms with Crippen molar-refractivity contribution in [1.82, 2.24) is 5.32 Å². The van der Waals surface area contributed by atoms with Crippen LogP contribution in [-0.2, 0) is 11.0 Å². The van der Waals surface area contributed by atoms with Crippen LogP contribution >= 0.6 is 0 Å². The SMILES string of the molecule is CC1=C(C#N)C(c2ccc(F)cc2C(F)(F)F)C(C)(C(=O)[O-])C(C2CC2)N1. The number of carbonyl (C=O) groups is 1. The number of allylic oxidation sites excluding steroid dienone is 2. The van der Waals surface area contributed by atoms with Gasteiger partial charge >= 0.3 is 6.18 Å². The summed E-state index contributed by atoms with van der Waals surface area (Å²) in [5.74, 6) is -4.08. The molecule has 3 unspecified atom stereocenters. The second-order valence-electron chi connectivity index (χ2n) is 7.34. The minimum absolute atomic E-state index is 0.0413. The summed E-state index contributed by atoms with van der Waals surface area (Å²) in [6.45, 7) is 2.84. The van der Waals surface area contributed by atoms with E-state index in [-0.39, 0.29) is 11.5 Å². The summed E-state index contributed by atoms with van der Waals surface area (Å²) >= 11 is 0. The van der Waals surface area contributed by atoms with Gasteiger partial charge < -0.3 is 15.2 Å². The Labute approximate surface area is 153 Å². The number of nitrogens with zero attached hydrogens (tertiary/aromatic N) is 1. The third-order valence-corrected chi connectivity index (χ3v) is 5.60. The molecule has 1 saturated carbocycles. The molecule has 8 heteroatoms. The molecule has 0 saturated heterocycles. The Bertz CT molecular complexity index is 867. The van der Waals surface area contributed by atoms with Crippen molar-refractivity contribution in [1.29, 1.82) is 5.26 Å². The molecule has 0 radical (unpaired) electrons. The first-order valence-corrected chi connectivity index (χ1v) is 8.47. The number of carboxylic acid groups (broad SMARTS) is 1. The van der Waals surface area contributed by atoms with E-state index in [0.717, 1.165) is 25.0 Å². The quantitative estimate of drug-likeness (QED) is 0.817. The smallest absolute Gasteiger partial charge is 0.416 e. The van der Waals surface area contributed by atoms with Crippen LogP contribution in [0.15, 0.2) is 29.5 Å². The zero-order valence-electron chi connectivity index (χ0n) is 14.7. The van der Waals surface area contributed by atoms with Crippen molar-refractivity contribution in [3.63, 3.8) is 0 Å². The maximum atomic E-state index is 13.6. The molecule has 3 atom stereocenters. The molecule has 1 N–H and O–H groups in total. The first kappa shape index (κ1) is 19.2. The van der Waals surface area contributed by atoms with Crippen LogP contribution in [0.4, 0.5) is 17.6 Å². The van der Waals surface area contributed by atoms with Crippen LogP contribution in [0.25, 0.3) is 0 Å². The molecular formula is C19H17F4N2O2-. The van der Waals surface area contributed by atoms with Gasteiger partial charge in [-0.25, -0.2) is 4.39 Å². The second-order valence-corrected chi connectivity index (χ2v) is 7.34. The third kappa shape index (κ3) is 3.05. The van der Waals surface area contributed by atoms with Crippen LogP contribution < -0.4 is 10.4 Å². The number of benzene rings is 1. The van der Waals surface area contributed by atoms with E-state index in [1.807, 2.05) is 6.07 Å². The Hall–Kier alpha value is -2.56. The number of carboxylic acids is 1. The van der Waals surface area contributed by atoms with Crippen molar-refractivity contribution in [2.75, 3.05) is 0 Å². The van der Waals surface area contributed by atoms with Crippen LogP contribution in [0.3, 0.4) is 0 Å². The number of aliphatic carboxylic acids is 1. The minimum Gasteiger partial charge on any atom is -0.549 e.